The Morgan fingerprint density at radius 3 is 2.52 bits per heavy atom. The highest BCUT2D eigenvalue weighted by atomic mass is 32.2. The van der Waals surface area contributed by atoms with Crippen LogP contribution in [-0.2, 0) is 14.8 Å². The maximum absolute atomic E-state index is 14.1. The minimum Gasteiger partial charge on any atom is -0.370 e. The third-order valence-electron chi connectivity index (χ3n) is 6.69. The van der Waals surface area contributed by atoms with Gasteiger partial charge in [0.2, 0.25) is 0 Å². The quantitative estimate of drug-likeness (QED) is 0.688. The molecule has 3 saturated heterocycles. The summed E-state index contributed by atoms with van der Waals surface area (Å²) in [7, 11) is -5.33. The number of hydrogen-bond acceptors (Lipinski definition) is 5. The third kappa shape index (κ3) is 4.20. The maximum atomic E-state index is 14.1. The molecule has 1 aromatic rings. The maximum Gasteiger partial charge on any atom is 0.511 e. The van der Waals surface area contributed by atoms with Gasteiger partial charge in [-0.05, 0) is 49.4 Å². The summed E-state index contributed by atoms with van der Waals surface area (Å²) in [6, 6.07) is 2.40. The van der Waals surface area contributed by atoms with Crippen molar-refractivity contribution < 1.29 is 35.1 Å². The van der Waals surface area contributed by atoms with E-state index in [0.717, 1.165) is 18.2 Å². The van der Waals surface area contributed by atoms with Crippen LogP contribution in [0.3, 0.4) is 0 Å². The van der Waals surface area contributed by atoms with E-state index in [1.165, 1.54) is 0 Å². The summed E-state index contributed by atoms with van der Waals surface area (Å²) in [6.45, 7) is 0.921. The summed E-state index contributed by atoms with van der Waals surface area (Å²) in [5.74, 6) is -1.19. The molecule has 31 heavy (non-hydrogen) atoms. The first-order valence-electron chi connectivity index (χ1n) is 10.0. The molecule has 12 heteroatoms. The van der Waals surface area contributed by atoms with E-state index in [1.54, 1.807) is 0 Å². The minimum absolute atomic E-state index is 0.0626. The lowest BCUT2D eigenvalue weighted by Crippen LogP contribution is -2.49. The standard InChI is InChI=1S/C19H24F5N3O3S/c20-12-1-2-15(21)14(7-12)17-16(25)8-13(9-30-17)26-5-3-18(10-26)4-6-27(11-18)31(28,29)19(22,23)24/h1-2,7,13,16-17H,3-6,8-11,25H2/t13-,16+,17-,18?/m1/s1. The van der Waals surface area contributed by atoms with Crippen LogP contribution in [0.25, 0.3) is 0 Å². The van der Waals surface area contributed by atoms with Gasteiger partial charge in [-0.1, -0.05) is 0 Å². The number of nitrogens with two attached hydrogens (primary N) is 1. The van der Waals surface area contributed by atoms with Crippen LogP contribution in [-0.4, -0.2) is 68.0 Å². The van der Waals surface area contributed by atoms with E-state index in [4.69, 9.17) is 10.5 Å². The van der Waals surface area contributed by atoms with Gasteiger partial charge in [-0.2, -0.15) is 17.5 Å². The second kappa shape index (κ2) is 7.91. The van der Waals surface area contributed by atoms with E-state index >= 15 is 0 Å². The Morgan fingerprint density at radius 1 is 1.13 bits per heavy atom. The number of benzene rings is 1. The van der Waals surface area contributed by atoms with Crippen molar-refractivity contribution in [2.75, 3.05) is 32.8 Å². The van der Waals surface area contributed by atoms with Gasteiger partial charge in [0.15, 0.2) is 0 Å². The molecular formula is C19H24F5N3O3S. The topological polar surface area (TPSA) is 75.9 Å². The zero-order valence-corrected chi connectivity index (χ0v) is 17.4. The fourth-order valence-corrected chi connectivity index (χ4v) is 6.08. The SMILES string of the molecule is N[C@H]1C[C@@H](N2CCC3(CCN(S(=O)(=O)C(F)(F)F)C3)C2)CO[C@@H]1c1cc(F)ccc1F. The monoisotopic (exact) mass is 469 g/mol. The van der Waals surface area contributed by atoms with Crippen molar-refractivity contribution in [3.8, 4) is 0 Å². The molecule has 3 heterocycles. The molecule has 0 saturated carbocycles. The van der Waals surface area contributed by atoms with Crippen LogP contribution in [0.1, 0.15) is 30.9 Å². The lowest BCUT2D eigenvalue weighted by molar-refractivity contribution is -0.0497. The first-order valence-corrected chi connectivity index (χ1v) is 11.5. The summed E-state index contributed by atoms with van der Waals surface area (Å²) >= 11 is 0. The van der Waals surface area contributed by atoms with Gasteiger partial charge in [0.1, 0.15) is 17.7 Å². The van der Waals surface area contributed by atoms with Gasteiger partial charge in [0, 0.05) is 37.3 Å². The highest BCUT2D eigenvalue weighted by molar-refractivity contribution is 7.90. The number of rotatable bonds is 3. The van der Waals surface area contributed by atoms with Crippen LogP contribution < -0.4 is 5.73 Å². The molecule has 0 bridgehead atoms. The first kappa shape index (κ1) is 22.8. The number of sulfonamides is 1. The number of hydrogen-bond donors (Lipinski definition) is 1. The average Bonchev–Trinajstić information content (AvgIpc) is 3.30. The van der Waals surface area contributed by atoms with Crippen molar-refractivity contribution in [1.82, 2.24) is 9.21 Å². The van der Waals surface area contributed by atoms with E-state index in [0.29, 0.717) is 36.7 Å². The molecule has 2 N–H and O–H groups in total. The van der Waals surface area contributed by atoms with Crippen LogP contribution in [0.4, 0.5) is 22.0 Å². The predicted molar refractivity (Wildman–Crippen MR) is 101 cm³/mol. The highest BCUT2D eigenvalue weighted by Crippen LogP contribution is 2.44. The van der Waals surface area contributed by atoms with E-state index < -0.39 is 44.7 Å². The summed E-state index contributed by atoms with van der Waals surface area (Å²) in [6.07, 6.45) is 0.587. The predicted octanol–water partition coefficient (Wildman–Crippen LogP) is 2.37. The van der Waals surface area contributed by atoms with E-state index in [-0.39, 0.29) is 31.3 Å². The van der Waals surface area contributed by atoms with Gasteiger partial charge < -0.3 is 10.5 Å². The van der Waals surface area contributed by atoms with Crippen molar-refractivity contribution in [2.24, 2.45) is 11.1 Å². The van der Waals surface area contributed by atoms with E-state index in [2.05, 4.69) is 4.90 Å². The molecule has 4 rings (SSSR count). The summed E-state index contributed by atoms with van der Waals surface area (Å²) in [5.41, 5.74) is 0.432. The molecule has 174 valence electrons. The molecule has 0 amide bonds. The van der Waals surface area contributed by atoms with Gasteiger partial charge in [-0.3, -0.25) is 4.90 Å². The minimum atomic E-state index is -5.33. The molecule has 0 aromatic heterocycles. The number of likely N-dealkylation sites (tertiary alicyclic amines) is 1. The highest BCUT2D eigenvalue weighted by Gasteiger charge is 2.56. The molecule has 3 fully saturated rings. The summed E-state index contributed by atoms with van der Waals surface area (Å²) in [5, 5.41) is 0. The molecule has 1 aromatic carbocycles. The van der Waals surface area contributed by atoms with Gasteiger partial charge in [-0.25, -0.2) is 17.2 Å². The smallest absolute Gasteiger partial charge is 0.370 e. The van der Waals surface area contributed by atoms with Gasteiger partial charge in [0.05, 0.1) is 6.61 Å². The van der Waals surface area contributed by atoms with Crippen molar-refractivity contribution >= 4 is 10.0 Å². The Labute approximate surface area is 177 Å². The molecule has 0 aliphatic carbocycles. The van der Waals surface area contributed by atoms with Gasteiger partial charge >= 0.3 is 15.5 Å². The molecule has 1 spiro atoms. The fraction of sp³-hybridized carbons (Fsp3) is 0.684. The van der Waals surface area contributed by atoms with Crippen LogP contribution in [0.2, 0.25) is 0 Å². The molecule has 6 nitrogen and oxygen atoms in total. The number of alkyl halides is 3. The zero-order chi connectivity index (χ0) is 22.6. The lowest BCUT2D eigenvalue weighted by atomic mass is 9.86. The molecule has 1 unspecified atom stereocenters. The third-order valence-corrected chi connectivity index (χ3v) is 8.26. The molecule has 3 aliphatic heterocycles. The van der Waals surface area contributed by atoms with Crippen molar-refractivity contribution in [3.63, 3.8) is 0 Å². The zero-order valence-electron chi connectivity index (χ0n) is 16.6. The Bertz CT molecular complexity index is 944. The Kier molecular flexibility index (Phi) is 5.83. The fourth-order valence-electron chi connectivity index (χ4n) is 5.01. The number of ether oxygens (including phenoxy) is 1. The van der Waals surface area contributed by atoms with E-state index in [9.17, 15) is 30.4 Å². The normalized spacial score (nSPS) is 33.4. The Hall–Kier alpha value is -1.34. The Morgan fingerprint density at radius 2 is 1.84 bits per heavy atom. The lowest BCUT2D eigenvalue weighted by Gasteiger charge is -2.39. The van der Waals surface area contributed by atoms with Crippen molar-refractivity contribution in [2.45, 2.75) is 43.0 Å². The van der Waals surface area contributed by atoms with E-state index in [1.807, 2.05) is 0 Å². The van der Waals surface area contributed by atoms with Crippen LogP contribution in [0.15, 0.2) is 18.2 Å². The van der Waals surface area contributed by atoms with Crippen LogP contribution in [0.5, 0.6) is 0 Å². The number of halogens is 5. The second-order valence-corrected chi connectivity index (χ2v) is 10.7. The summed E-state index contributed by atoms with van der Waals surface area (Å²) < 4.78 is 96.0. The summed E-state index contributed by atoms with van der Waals surface area (Å²) in [4.78, 5) is 2.06. The largest absolute Gasteiger partial charge is 0.511 e. The van der Waals surface area contributed by atoms with Gasteiger partial charge in [-0.15, -0.1) is 0 Å². The van der Waals surface area contributed by atoms with Gasteiger partial charge in [0.25, 0.3) is 0 Å². The average molecular weight is 469 g/mol. The molecule has 0 radical (unpaired) electrons. The van der Waals surface area contributed by atoms with Crippen LogP contribution >= 0.6 is 0 Å². The first-order chi connectivity index (χ1) is 14.4. The Balaban J connectivity index is 1.39. The molecule has 4 atom stereocenters. The van der Waals surface area contributed by atoms with Crippen LogP contribution in [0, 0.1) is 17.0 Å². The second-order valence-electron chi connectivity index (χ2n) is 8.73. The molecular weight excluding hydrogens is 445 g/mol. The molecule has 3 aliphatic rings. The van der Waals surface area contributed by atoms with Crippen molar-refractivity contribution in [1.29, 1.82) is 0 Å². The number of nitrogens with zero attached hydrogens (tertiary/aromatic N) is 2. The van der Waals surface area contributed by atoms with Crippen molar-refractivity contribution in [3.05, 3.63) is 35.4 Å².